The van der Waals surface area contributed by atoms with Gasteiger partial charge in [-0.05, 0) is 38.1 Å². The lowest BCUT2D eigenvalue weighted by Gasteiger charge is -2.16. The highest BCUT2D eigenvalue weighted by atomic mass is 16.4. The fraction of sp³-hybridized carbons (Fsp3) is 0.250. The standard InChI is InChI=1S/C12H12N2O4/c1-12(2)10(17)13-14(11(12)18)8-5-3-7(4-6-8)9(15)16/h3-6H,1-2H3,(H,13,17)(H,15,16). The van der Waals surface area contributed by atoms with Gasteiger partial charge in [-0.15, -0.1) is 0 Å². The van der Waals surface area contributed by atoms with Crippen LogP contribution in [0, 0.1) is 5.41 Å². The molecule has 1 aromatic carbocycles. The lowest BCUT2D eigenvalue weighted by Crippen LogP contribution is -2.36. The van der Waals surface area contributed by atoms with E-state index in [0.29, 0.717) is 5.69 Å². The summed E-state index contributed by atoms with van der Waals surface area (Å²) in [6.45, 7) is 3.08. The van der Waals surface area contributed by atoms with Gasteiger partial charge >= 0.3 is 5.97 Å². The number of hydrogen-bond acceptors (Lipinski definition) is 3. The van der Waals surface area contributed by atoms with Gasteiger partial charge in [0.15, 0.2) is 0 Å². The van der Waals surface area contributed by atoms with E-state index in [1.807, 2.05) is 0 Å². The van der Waals surface area contributed by atoms with Gasteiger partial charge in [-0.25, -0.2) is 9.80 Å². The van der Waals surface area contributed by atoms with Crippen molar-refractivity contribution in [3.63, 3.8) is 0 Å². The molecule has 6 heteroatoms. The van der Waals surface area contributed by atoms with E-state index >= 15 is 0 Å². The predicted octanol–water partition coefficient (Wildman–Crippen LogP) is 0.789. The molecule has 0 aliphatic carbocycles. The number of amides is 2. The molecule has 1 aliphatic heterocycles. The molecule has 0 radical (unpaired) electrons. The van der Waals surface area contributed by atoms with E-state index < -0.39 is 11.4 Å². The maximum Gasteiger partial charge on any atom is 0.335 e. The van der Waals surface area contributed by atoms with Gasteiger partial charge in [-0.2, -0.15) is 0 Å². The molecule has 94 valence electrons. The van der Waals surface area contributed by atoms with Crippen molar-refractivity contribution in [1.29, 1.82) is 0 Å². The first kappa shape index (κ1) is 12.1. The van der Waals surface area contributed by atoms with Crippen molar-refractivity contribution in [2.24, 2.45) is 5.41 Å². The Morgan fingerprint density at radius 3 is 2.17 bits per heavy atom. The van der Waals surface area contributed by atoms with Crippen molar-refractivity contribution in [3.05, 3.63) is 29.8 Å². The number of nitrogens with one attached hydrogen (secondary N) is 1. The zero-order valence-corrected chi connectivity index (χ0v) is 9.93. The van der Waals surface area contributed by atoms with Crippen LogP contribution in [0.3, 0.4) is 0 Å². The summed E-state index contributed by atoms with van der Waals surface area (Å²) in [6.07, 6.45) is 0. The van der Waals surface area contributed by atoms with Crippen LogP contribution in [0.2, 0.25) is 0 Å². The minimum atomic E-state index is -1.11. The van der Waals surface area contributed by atoms with Crippen molar-refractivity contribution in [3.8, 4) is 0 Å². The van der Waals surface area contributed by atoms with Gasteiger partial charge in [0.25, 0.3) is 11.8 Å². The van der Waals surface area contributed by atoms with Crippen LogP contribution in [0.4, 0.5) is 5.69 Å². The largest absolute Gasteiger partial charge is 0.478 e. The number of anilines is 1. The van der Waals surface area contributed by atoms with E-state index in [2.05, 4.69) is 5.43 Å². The Morgan fingerprint density at radius 2 is 1.78 bits per heavy atom. The Balaban J connectivity index is 2.31. The number of hydrogen-bond donors (Lipinski definition) is 2. The van der Waals surface area contributed by atoms with Crippen molar-refractivity contribution < 1.29 is 19.5 Å². The van der Waals surface area contributed by atoms with Gasteiger partial charge in [0, 0.05) is 0 Å². The first-order valence-electron chi connectivity index (χ1n) is 5.33. The minimum absolute atomic E-state index is 0.121. The third-order valence-electron chi connectivity index (χ3n) is 2.89. The molecule has 0 bridgehead atoms. The summed E-state index contributed by atoms with van der Waals surface area (Å²) in [7, 11) is 0. The summed E-state index contributed by atoms with van der Waals surface area (Å²) >= 11 is 0. The van der Waals surface area contributed by atoms with Crippen LogP contribution >= 0.6 is 0 Å². The molecule has 0 atom stereocenters. The lowest BCUT2D eigenvalue weighted by atomic mass is 9.93. The van der Waals surface area contributed by atoms with Crippen LogP contribution in [0.5, 0.6) is 0 Å². The Bertz CT molecular complexity index is 534. The van der Waals surface area contributed by atoms with Gasteiger partial charge in [-0.1, -0.05) is 0 Å². The average Bonchev–Trinajstić information content (AvgIpc) is 2.53. The maximum atomic E-state index is 12.0. The number of benzene rings is 1. The third-order valence-corrected chi connectivity index (χ3v) is 2.89. The van der Waals surface area contributed by atoms with Crippen LogP contribution < -0.4 is 10.4 Å². The molecule has 2 N–H and O–H groups in total. The molecule has 1 aromatic rings. The third kappa shape index (κ3) is 1.71. The molecular weight excluding hydrogens is 236 g/mol. The highest BCUT2D eigenvalue weighted by Crippen LogP contribution is 2.28. The highest BCUT2D eigenvalue weighted by molar-refractivity contribution is 6.17. The molecular formula is C12H12N2O4. The molecule has 18 heavy (non-hydrogen) atoms. The average molecular weight is 248 g/mol. The topological polar surface area (TPSA) is 86.7 Å². The van der Waals surface area contributed by atoms with E-state index in [1.54, 1.807) is 0 Å². The lowest BCUT2D eigenvalue weighted by molar-refractivity contribution is -0.133. The SMILES string of the molecule is CC1(C)C(=O)NN(c2ccc(C(=O)O)cc2)C1=O. The molecule has 0 unspecified atom stereocenters. The fourth-order valence-electron chi connectivity index (χ4n) is 1.60. The Hall–Kier alpha value is -2.37. The summed E-state index contributed by atoms with van der Waals surface area (Å²) in [4.78, 5) is 34.3. The predicted molar refractivity (Wildman–Crippen MR) is 62.8 cm³/mol. The fourth-order valence-corrected chi connectivity index (χ4v) is 1.60. The monoisotopic (exact) mass is 248 g/mol. The second kappa shape index (κ2) is 3.83. The van der Waals surface area contributed by atoms with Crippen LogP contribution in [0.1, 0.15) is 24.2 Å². The second-order valence-electron chi connectivity index (χ2n) is 4.56. The van der Waals surface area contributed by atoms with Crippen LogP contribution in [-0.4, -0.2) is 22.9 Å². The molecule has 0 aromatic heterocycles. The first-order chi connectivity index (χ1) is 8.34. The number of carboxylic acid groups (broad SMARTS) is 1. The number of carbonyl (C=O) groups is 3. The molecule has 1 aliphatic rings. The number of carboxylic acids is 1. The van der Waals surface area contributed by atoms with Gasteiger partial charge in [0.2, 0.25) is 0 Å². The Morgan fingerprint density at radius 1 is 1.22 bits per heavy atom. The number of rotatable bonds is 2. The maximum absolute atomic E-state index is 12.0. The zero-order valence-electron chi connectivity index (χ0n) is 9.93. The summed E-state index contributed by atoms with van der Waals surface area (Å²) in [5, 5.41) is 9.90. The van der Waals surface area contributed by atoms with Crippen molar-refractivity contribution in [2.75, 3.05) is 5.01 Å². The summed E-state index contributed by atoms with van der Waals surface area (Å²) in [5.74, 6) is -1.79. The molecule has 2 rings (SSSR count). The van der Waals surface area contributed by atoms with E-state index in [0.717, 1.165) is 5.01 Å². The number of nitrogens with zero attached hydrogens (tertiary/aromatic N) is 1. The molecule has 1 heterocycles. The molecule has 2 amide bonds. The normalized spacial score (nSPS) is 17.8. The van der Waals surface area contributed by atoms with Crippen molar-refractivity contribution in [2.45, 2.75) is 13.8 Å². The Labute approximate surface area is 103 Å². The molecule has 0 spiro atoms. The van der Waals surface area contributed by atoms with Gasteiger partial charge in [-0.3, -0.25) is 15.0 Å². The minimum Gasteiger partial charge on any atom is -0.478 e. The van der Waals surface area contributed by atoms with Crippen LogP contribution in [0.25, 0.3) is 0 Å². The summed E-state index contributed by atoms with van der Waals surface area (Å²) < 4.78 is 0. The van der Waals surface area contributed by atoms with Crippen molar-refractivity contribution >= 4 is 23.5 Å². The molecule has 1 fully saturated rings. The number of aromatic carboxylic acids is 1. The van der Waals surface area contributed by atoms with Gasteiger partial charge in [0.05, 0.1) is 11.3 Å². The van der Waals surface area contributed by atoms with Gasteiger partial charge in [0.1, 0.15) is 5.41 Å². The highest BCUT2D eigenvalue weighted by Gasteiger charge is 2.47. The molecule has 1 saturated heterocycles. The second-order valence-corrected chi connectivity index (χ2v) is 4.56. The molecule has 0 saturated carbocycles. The summed E-state index contributed by atoms with van der Waals surface area (Å²) in [5.41, 5.74) is 1.91. The Kier molecular flexibility index (Phi) is 2.58. The summed E-state index contributed by atoms with van der Waals surface area (Å²) in [6, 6.07) is 5.71. The number of carbonyl (C=O) groups excluding carboxylic acids is 2. The van der Waals surface area contributed by atoms with E-state index in [1.165, 1.54) is 38.1 Å². The molecule has 6 nitrogen and oxygen atoms in total. The van der Waals surface area contributed by atoms with Crippen LogP contribution in [0.15, 0.2) is 24.3 Å². The van der Waals surface area contributed by atoms with E-state index in [-0.39, 0.29) is 17.4 Å². The van der Waals surface area contributed by atoms with E-state index in [9.17, 15) is 14.4 Å². The smallest absolute Gasteiger partial charge is 0.335 e. The van der Waals surface area contributed by atoms with E-state index in [4.69, 9.17) is 5.11 Å². The quantitative estimate of drug-likeness (QED) is 0.757. The zero-order chi connectivity index (χ0) is 13.5. The first-order valence-corrected chi connectivity index (χ1v) is 5.33. The van der Waals surface area contributed by atoms with Gasteiger partial charge < -0.3 is 5.11 Å². The number of hydrazine groups is 1. The van der Waals surface area contributed by atoms with Crippen molar-refractivity contribution in [1.82, 2.24) is 5.43 Å². The van der Waals surface area contributed by atoms with Crippen LogP contribution in [-0.2, 0) is 9.59 Å².